The highest BCUT2D eigenvalue weighted by Gasteiger charge is 2.37. The van der Waals surface area contributed by atoms with Crippen LogP contribution in [0.5, 0.6) is 5.75 Å². The number of hydrogen-bond acceptors (Lipinski definition) is 4. The zero-order chi connectivity index (χ0) is 21.0. The molecule has 0 atom stereocenters. The van der Waals surface area contributed by atoms with Crippen molar-refractivity contribution in [2.24, 2.45) is 0 Å². The van der Waals surface area contributed by atoms with Crippen molar-refractivity contribution in [3.05, 3.63) is 70.8 Å². The quantitative estimate of drug-likeness (QED) is 0.654. The van der Waals surface area contributed by atoms with Crippen LogP contribution in [0.25, 0.3) is 10.9 Å². The smallest absolute Gasteiger partial charge is 0.261 e. The molecule has 1 aliphatic carbocycles. The molecule has 6 heteroatoms. The Labute approximate surface area is 175 Å². The van der Waals surface area contributed by atoms with E-state index in [1.54, 1.807) is 13.2 Å². The van der Waals surface area contributed by atoms with Gasteiger partial charge in [0.25, 0.3) is 5.56 Å². The van der Waals surface area contributed by atoms with Gasteiger partial charge in [-0.1, -0.05) is 43.2 Å². The van der Waals surface area contributed by atoms with Gasteiger partial charge in [0.1, 0.15) is 5.75 Å². The third-order valence-corrected chi connectivity index (χ3v) is 6.17. The fourth-order valence-electron chi connectivity index (χ4n) is 4.52. The highest BCUT2D eigenvalue weighted by molar-refractivity contribution is 5.77. The van der Waals surface area contributed by atoms with Crippen molar-refractivity contribution in [3.8, 4) is 5.75 Å². The highest BCUT2D eigenvalue weighted by Crippen LogP contribution is 2.44. The first kappa shape index (κ1) is 20.1. The predicted molar refractivity (Wildman–Crippen MR) is 117 cm³/mol. The van der Waals surface area contributed by atoms with E-state index < -0.39 is 0 Å². The summed E-state index contributed by atoms with van der Waals surface area (Å²) in [6.07, 6.45) is 6.11. The molecule has 2 aromatic carbocycles. The minimum absolute atomic E-state index is 0.0590. The zero-order valence-electron chi connectivity index (χ0n) is 17.3. The summed E-state index contributed by atoms with van der Waals surface area (Å²) in [7, 11) is 1.69. The van der Waals surface area contributed by atoms with E-state index in [2.05, 4.69) is 16.4 Å². The Hall–Kier alpha value is -3.15. The van der Waals surface area contributed by atoms with Gasteiger partial charge in [0, 0.05) is 30.5 Å². The molecule has 30 heavy (non-hydrogen) atoms. The van der Waals surface area contributed by atoms with Gasteiger partial charge in [-0.2, -0.15) is 0 Å². The molecule has 3 aromatic rings. The number of fused-ring (bicyclic) bond motifs is 1. The molecule has 1 aromatic heterocycles. The second kappa shape index (κ2) is 8.69. The fourth-order valence-corrected chi connectivity index (χ4v) is 4.52. The summed E-state index contributed by atoms with van der Waals surface area (Å²) in [6.45, 7) is 0.890. The van der Waals surface area contributed by atoms with Crippen molar-refractivity contribution >= 4 is 16.8 Å². The van der Waals surface area contributed by atoms with Crippen LogP contribution < -0.4 is 15.6 Å². The largest absolute Gasteiger partial charge is 0.496 e. The number of carbonyl (C=O) groups excluding carboxylic acids is 1. The topological polar surface area (TPSA) is 73.2 Å². The summed E-state index contributed by atoms with van der Waals surface area (Å²) in [5, 5.41) is 3.68. The second-order valence-electron chi connectivity index (χ2n) is 7.97. The summed E-state index contributed by atoms with van der Waals surface area (Å²) >= 11 is 0. The molecule has 0 saturated heterocycles. The Morgan fingerprint density at radius 1 is 1.13 bits per heavy atom. The molecule has 0 spiro atoms. The van der Waals surface area contributed by atoms with Crippen LogP contribution in [0.4, 0.5) is 0 Å². The van der Waals surface area contributed by atoms with E-state index in [9.17, 15) is 9.59 Å². The lowest BCUT2D eigenvalue weighted by Crippen LogP contribution is -2.39. The van der Waals surface area contributed by atoms with Gasteiger partial charge >= 0.3 is 0 Å². The van der Waals surface area contributed by atoms with E-state index >= 15 is 0 Å². The summed E-state index contributed by atoms with van der Waals surface area (Å²) in [4.78, 5) is 29.5. The van der Waals surface area contributed by atoms with E-state index in [0.29, 0.717) is 24.0 Å². The molecule has 1 N–H and O–H groups in total. The van der Waals surface area contributed by atoms with Crippen LogP contribution in [0.2, 0.25) is 0 Å². The van der Waals surface area contributed by atoms with Gasteiger partial charge in [0.05, 0.1) is 24.3 Å². The van der Waals surface area contributed by atoms with Crippen LogP contribution in [0.1, 0.15) is 37.7 Å². The number of para-hydroxylation sites is 2. The van der Waals surface area contributed by atoms with E-state index in [0.717, 1.165) is 31.4 Å². The van der Waals surface area contributed by atoms with Crippen LogP contribution in [-0.4, -0.2) is 29.1 Å². The average molecular weight is 405 g/mol. The maximum Gasteiger partial charge on any atom is 0.261 e. The molecular formula is C24H27N3O3. The Balaban J connectivity index is 1.43. The highest BCUT2D eigenvalue weighted by atomic mass is 16.5. The number of ether oxygens (including phenoxy) is 1. The van der Waals surface area contributed by atoms with Gasteiger partial charge < -0.3 is 10.1 Å². The van der Waals surface area contributed by atoms with Crippen molar-refractivity contribution in [3.63, 3.8) is 0 Å². The number of amides is 1. The summed E-state index contributed by atoms with van der Waals surface area (Å²) in [5.41, 5.74) is 1.63. The number of hydrogen-bond donors (Lipinski definition) is 1. The number of rotatable bonds is 7. The molecule has 0 aliphatic heterocycles. The zero-order valence-corrected chi connectivity index (χ0v) is 17.3. The Morgan fingerprint density at radius 3 is 2.67 bits per heavy atom. The maximum atomic E-state index is 12.6. The Bertz CT molecular complexity index is 1100. The minimum Gasteiger partial charge on any atom is -0.496 e. The minimum atomic E-state index is -0.116. The van der Waals surface area contributed by atoms with E-state index in [1.807, 2.05) is 36.4 Å². The molecular weight excluding hydrogens is 378 g/mol. The van der Waals surface area contributed by atoms with Gasteiger partial charge in [0.2, 0.25) is 5.91 Å². The number of aryl methyl sites for hydroxylation is 1. The fraction of sp³-hybridized carbons (Fsp3) is 0.375. The number of nitrogens with one attached hydrogen (secondary N) is 1. The Kier molecular flexibility index (Phi) is 5.84. The molecule has 6 nitrogen and oxygen atoms in total. The van der Waals surface area contributed by atoms with Crippen LogP contribution in [0.15, 0.2) is 59.7 Å². The van der Waals surface area contributed by atoms with Gasteiger partial charge in [-0.15, -0.1) is 0 Å². The number of benzene rings is 2. The average Bonchev–Trinajstić information content (AvgIpc) is 3.27. The van der Waals surface area contributed by atoms with Crippen molar-refractivity contribution in [2.75, 3.05) is 13.7 Å². The van der Waals surface area contributed by atoms with Gasteiger partial charge in [-0.05, 0) is 31.0 Å². The summed E-state index contributed by atoms with van der Waals surface area (Å²) in [5.74, 6) is 0.818. The molecule has 0 bridgehead atoms. The third-order valence-electron chi connectivity index (χ3n) is 6.17. The number of aromatic nitrogens is 2. The van der Waals surface area contributed by atoms with Crippen molar-refractivity contribution in [2.45, 2.75) is 44.1 Å². The van der Waals surface area contributed by atoms with Crippen LogP contribution in [0, 0.1) is 0 Å². The van der Waals surface area contributed by atoms with Gasteiger partial charge in [-0.25, -0.2) is 4.98 Å². The van der Waals surface area contributed by atoms with Crippen molar-refractivity contribution in [1.82, 2.24) is 14.9 Å². The van der Waals surface area contributed by atoms with Crippen LogP contribution >= 0.6 is 0 Å². The maximum absolute atomic E-state index is 12.6. The lowest BCUT2D eigenvalue weighted by Gasteiger charge is -2.31. The SMILES string of the molecule is COc1ccccc1C1(CNC(=O)CCn2cnc3ccccc3c2=O)CCCC1. The molecule has 1 amide bonds. The van der Waals surface area contributed by atoms with Gasteiger partial charge in [0.15, 0.2) is 0 Å². The summed E-state index contributed by atoms with van der Waals surface area (Å²) in [6, 6.07) is 15.3. The predicted octanol–water partition coefficient (Wildman–Crippen LogP) is 3.42. The molecule has 4 rings (SSSR count). The van der Waals surface area contributed by atoms with Crippen LogP contribution in [0.3, 0.4) is 0 Å². The van der Waals surface area contributed by atoms with Gasteiger partial charge in [-0.3, -0.25) is 14.2 Å². The van der Waals surface area contributed by atoms with Crippen LogP contribution in [-0.2, 0) is 16.8 Å². The molecule has 1 saturated carbocycles. The normalized spacial score (nSPS) is 15.2. The number of carbonyl (C=O) groups is 1. The first-order valence-electron chi connectivity index (χ1n) is 10.5. The lowest BCUT2D eigenvalue weighted by molar-refractivity contribution is -0.121. The molecule has 156 valence electrons. The monoisotopic (exact) mass is 405 g/mol. The number of nitrogens with zero attached hydrogens (tertiary/aromatic N) is 2. The first-order valence-corrected chi connectivity index (χ1v) is 10.5. The Morgan fingerprint density at radius 2 is 1.87 bits per heavy atom. The first-order chi connectivity index (χ1) is 14.6. The molecule has 1 aliphatic rings. The number of methoxy groups -OCH3 is 1. The molecule has 1 fully saturated rings. The molecule has 0 unspecified atom stereocenters. The van der Waals surface area contributed by atoms with Crippen molar-refractivity contribution < 1.29 is 9.53 Å². The standard InChI is InChI=1S/C24H27N3O3/c1-30-21-11-5-3-9-19(21)24(13-6-7-14-24)16-25-22(28)12-15-27-17-26-20-10-4-2-8-18(20)23(27)29/h2-5,8-11,17H,6-7,12-16H2,1H3,(H,25,28). The van der Waals surface area contributed by atoms with Crippen molar-refractivity contribution in [1.29, 1.82) is 0 Å². The second-order valence-corrected chi connectivity index (χ2v) is 7.97. The molecule has 0 radical (unpaired) electrons. The van der Waals surface area contributed by atoms with E-state index in [1.165, 1.54) is 16.5 Å². The lowest BCUT2D eigenvalue weighted by atomic mass is 9.78. The summed E-state index contributed by atoms with van der Waals surface area (Å²) < 4.78 is 7.09. The van der Waals surface area contributed by atoms with E-state index in [4.69, 9.17) is 4.74 Å². The molecule has 1 heterocycles. The third kappa shape index (κ3) is 3.95. The van der Waals surface area contributed by atoms with E-state index in [-0.39, 0.29) is 23.3 Å².